The molecule has 1 aromatic carbocycles. The van der Waals surface area contributed by atoms with Gasteiger partial charge in [0.15, 0.2) is 0 Å². The van der Waals surface area contributed by atoms with Gasteiger partial charge in [-0.15, -0.1) is 0 Å². The van der Waals surface area contributed by atoms with Crippen molar-refractivity contribution in [1.29, 1.82) is 0 Å². The van der Waals surface area contributed by atoms with Crippen LogP contribution in [0.5, 0.6) is 0 Å². The van der Waals surface area contributed by atoms with Crippen LogP contribution < -0.4 is 0 Å². The van der Waals surface area contributed by atoms with Crippen LogP contribution in [0.2, 0.25) is 0 Å². The lowest BCUT2D eigenvalue weighted by atomic mass is 10.0. The van der Waals surface area contributed by atoms with Crippen molar-refractivity contribution in [2.24, 2.45) is 0 Å². The second kappa shape index (κ2) is 5.07. The molecule has 0 fully saturated rings. The van der Waals surface area contributed by atoms with Crippen LogP contribution in [0, 0.1) is 0 Å². The molecule has 0 aliphatic rings. The summed E-state index contributed by atoms with van der Waals surface area (Å²) >= 11 is 0. The van der Waals surface area contributed by atoms with Gasteiger partial charge in [0.05, 0.1) is 23.3 Å². The van der Waals surface area contributed by atoms with Crippen molar-refractivity contribution in [1.82, 2.24) is 0 Å². The number of hydrogen-bond donors (Lipinski definition) is 1. The first-order chi connectivity index (χ1) is 8.29. The predicted octanol–water partition coefficient (Wildman–Crippen LogP) is 2.58. The average molecular weight is 262 g/mol. The third kappa shape index (κ3) is 2.79. The van der Waals surface area contributed by atoms with Crippen LogP contribution in [-0.2, 0) is 10.9 Å². The molecule has 0 heterocycles. The van der Waals surface area contributed by atoms with Crippen molar-refractivity contribution in [3.8, 4) is 0 Å². The van der Waals surface area contributed by atoms with E-state index in [0.29, 0.717) is 6.07 Å². The second-order valence-corrected chi connectivity index (χ2v) is 3.25. The first-order valence-electron chi connectivity index (χ1n) is 4.89. The van der Waals surface area contributed by atoms with E-state index in [1.165, 1.54) is 6.92 Å². The van der Waals surface area contributed by atoms with Gasteiger partial charge in [0.2, 0.25) is 0 Å². The molecule has 4 nitrogen and oxygen atoms in total. The minimum absolute atomic E-state index is 0.149. The van der Waals surface area contributed by atoms with Crippen molar-refractivity contribution in [2.75, 3.05) is 6.61 Å². The highest BCUT2D eigenvalue weighted by molar-refractivity contribution is 6.03. The molecule has 0 spiro atoms. The smallest absolute Gasteiger partial charge is 0.417 e. The Morgan fingerprint density at radius 1 is 1.33 bits per heavy atom. The molecule has 0 bridgehead atoms. The lowest BCUT2D eigenvalue weighted by Gasteiger charge is -2.13. The Hall–Kier alpha value is -2.05. The first kappa shape index (κ1) is 14.0. The molecule has 0 aliphatic heterocycles. The molecule has 0 saturated heterocycles. The zero-order valence-corrected chi connectivity index (χ0v) is 9.25. The molecule has 0 saturated carbocycles. The molecule has 0 amide bonds. The van der Waals surface area contributed by atoms with Crippen molar-refractivity contribution < 1.29 is 32.6 Å². The fourth-order valence-electron chi connectivity index (χ4n) is 1.39. The molecule has 0 atom stereocenters. The summed E-state index contributed by atoms with van der Waals surface area (Å²) in [5.41, 5.74) is -3.02. The van der Waals surface area contributed by atoms with Crippen molar-refractivity contribution in [3.63, 3.8) is 0 Å². The summed E-state index contributed by atoms with van der Waals surface area (Å²) < 4.78 is 42.5. The summed E-state index contributed by atoms with van der Waals surface area (Å²) in [4.78, 5) is 22.3. The summed E-state index contributed by atoms with van der Waals surface area (Å²) in [6.07, 6.45) is -4.83. The monoisotopic (exact) mass is 262 g/mol. The first-order valence-corrected chi connectivity index (χ1v) is 4.89. The number of carboxylic acids is 1. The summed E-state index contributed by atoms with van der Waals surface area (Å²) in [5.74, 6) is -2.92. The maximum absolute atomic E-state index is 12.7. The van der Waals surface area contributed by atoms with Crippen molar-refractivity contribution in [2.45, 2.75) is 13.1 Å². The normalized spacial score (nSPS) is 11.1. The Bertz CT molecular complexity index is 480. The van der Waals surface area contributed by atoms with Gasteiger partial charge >= 0.3 is 18.1 Å². The van der Waals surface area contributed by atoms with E-state index in [2.05, 4.69) is 4.74 Å². The van der Waals surface area contributed by atoms with Gasteiger partial charge in [-0.3, -0.25) is 0 Å². The van der Waals surface area contributed by atoms with Crippen LogP contribution in [0.1, 0.15) is 33.2 Å². The van der Waals surface area contributed by atoms with E-state index in [-0.39, 0.29) is 6.61 Å². The Balaban J connectivity index is 3.49. The van der Waals surface area contributed by atoms with Gasteiger partial charge in [-0.05, 0) is 19.1 Å². The lowest BCUT2D eigenvalue weighted by molar-refractivity contribution is -0.138. The highest BCUT2D eigenvalue weighted by Crippen LogP contribution is 2.33. The van der Waals surface area contributed by atoms with E-state index in [4.69, 9.17) is 5.11 Å². The van der Waals surface area contributed by atoms with Crippen molar-refractivity contribution in [3.05, 3.63) is 34.9 Å². The number of carbonyl (C=O) groups excluding carboxylic acids is 1. The molecule has 1 aromatic rings. The van der Waals surface area contributed by atoms with Crippen LogP contribution in [-0.4, -0.2) is 23.7 Å². The number of rotatable bonds is 3. The molecular formula is C11H9F3O4. The van der Waals surface area contributed by atoms with Gasteiger partial charge in [0, 0.05) is 0 Å². The Kier molecular flexibility index (Phi) is 3.95. The highest BCUT2D eigenvalue weighted by atomic mass is 19.4. The molecule has 7 heteroatoms. The number of ether oxygens (including phenoxy) is 1. The largest absolute Gasteiger partial charge is 0.478 e. The van der Waals surface area contributed by atoms with E-state index < -0.39 is 34.8 Å². The van der Waals surface area contributed by atoms with Crippen LogP contribution >= 0.6 is 0 Å². The third-order valence-corrected chi connectivity index (χ3v) is 2.08. The highest BCUT2D eigenvalue weighted by Gasteiger charge is 2.38. The molecule has 0 aliphatic carbocycles. The average Bonchev–Trinajstić information content (AvgIpc) is 2.27. The maximum Gasteiger partial charge on any atom is 0.417 e. The van der Waals surface area contributed by atoms with Crippen LogP contribution in [0.3, 0.4) is 0 Å². The van der Waals surface area contributed by atoms with E-state index in [1.807, 2.05) is 0 Å². The molecule has 18 heavy (non-hydrogen) atoms. The number of esters is 1. The number of halogens is 3. The Morgan fingerprint density at radius 3 is 2.39 bits per heavy atom. The van der Waals surface area contributed by atoms with Crippen LogP contribution in [0.4, 0.5) is 13.2 Å². The Morgan fingerprint density at radius 2 is 1.94 bits per heavy atom. The number of carboxylic acid groups (broad SMARTS) is 1. The van der Waals surface area contributed by atoms with E-state index in [1.54, 1.807) is 0 Å². The van der Waals surface area contributed by atoms with E-state index in [9.17, 15) is 22.8 Å². The van der Waals surface area contributed by atoms with Crippen LogP contribution in [0.25, 0.3) is 0 Å². The SMILES string of the molecule is CCOC(=O)c1c(C(=O)O)cccc1C(F)(F)F. The zero-order chi connectivity index (χ0) is 13.9. The lowest BCUT2D eigenvalue weighted by Crippen LogP contribution is -2.19. The second-order valence-electron chi connectivity index (χ2n) is 3.25. The number of alkyl halides is 3. The maximum atomic E-state index is 12.7. The molecule has 98 valence electrons. The van der Waals surface area contributed by atoms with Gasteiger partial charge in [-0.1, -0.05) is 6.07 Å². The summed E-state index contributed by atoms with van der Waals surface area (Å²) in [6, 6.07) is 2.48. The van der Waals surface area contributed by atoms with Gasteiger partial charge < -0.3 is 9.84 Å². The van der Waals surface area contributed by atoms with Crippen molar-refractivity contribution >= 4 is 11.9 Å². The van der Waals surface area contributed by atoms with Gasteiger partial charge in [0.1, 0.15) is 0 Å². The van der Waals surface area contributed by atoms with Gasteiger partial charge in [-0.25, -0.2) is 9.59 Å². The minimum Gasteiger partial charge on any atom is -0.478 e. The molecular weight excluding hydrogens is 253 g/mol. The molecule has 1 rings (SSSR count). The topological polar surface area (TPSA) is 63.6 Å². The predicted molar refractivity (Wildman–Crippen MR) is 54.4 cm³/mol. The summed E-state index contributed by atoms with van der Waals surface area (Å²) in [6.45, 7) is 1.26. The number of aromatic carboxylic acids is 1. The third-order valence-electron chi connectivity index (χ3n) is 2.08. The van der Waals surface area contributed by atoms with E-state index in [0.717, 1.165) is 12.1 Å². The molecule has 0 radical (unpaired) electrons. The minimum atomic E-state index is -4.83. The van der Waals surface area contributed by atoms with E-state index >= 15 is 0 Å². The number of benzene rings is 1. The Labute approximate surface area is 100.0 Å². The van der Waals surface area contributed by atoms with Crippen LogP contribution in [0.15, 0.2) is 18.2 Å². The van der Waals surface area contributed by atoms with Gasteiger partial charge in [-0.2, -0.15) is 13.2 Å². The number of carbonyl (C=O) groups is 2. The summed E-state index contributed by atoms with van der Waals surface area (Å²) in [7, 11) is 0. The number of hydrogen-bond acceptors (Lipinski definition) is 3. The molecule has 0 aromatic heterocycles. The zero-order valence-electron chi connectivity index (χ0n) is 9.25. The fourth-order valence-corrected chi connectivity index (χ4v) is 1.39. The standard InChI is InChI=1S/C11H9F3O4/c1-2-18-10(17)8-6(9(15)16)4-3-5-7(8)11(12,13)14/h3-5H,2H2,1H3,(H,15,16). The van der Waals surface area contributed by atoms with Gasteiger partial charge in [0.25, 0.3) is 0 Å². The summed E-state index contributed by atoms with van der Waals surface area (Å²) in [5, 5.41) is 8.80. The fraction of sp³-hybridized carbons (Fsp3) is 0.273. The quantitative estimate of drug-likeness (QED) is 0.850. The molecule has 0 unspecified atom stereocenters. The molecule has 1 N–H and O–H groups in total.